The molecule has 4 bridgehead atoms. The Morgan fingerprint density at radius 2 is 1.97 bits per heavy atom. The van der Waals surface area contributed by atoms with Crippen LogP contribution in [-0.2, 0) is 12.6 Å². The van der Waals surface area contributed by atoms with E-state index in [1.54, 1.807) is 27.5 Å². The van der Waals surface area contributed by atoms with Crippen molar-refractivity contribution in [2.45, 2.75) is 51.0 Å². The van der Waals surface area contributed by atoms with Crippen LogP contribution < -0.4 is 11.0 Å². The van der Waals surface area contributed by atoms with Gasteiger partial charge in [0.05, 0.1) is 28.6 Å². The molecule has 0 saturated heterocycles. The highest BCUT2D eigenvalue weighted by atomic mass is 35.5. The summed E-state index contributed by atoms with van der Waals surface area (Å²) >= 11 is 6.46. The van der Waals surface area contributed by atoms with Crippen molar-refractivity contribution in [2.75, 3.05) is 5.32 Å². The average molecular weight is 465 g/mol. The molecule has 1 N–H and O–H groups in total. The molecule has 33 heavy (non-hydrogen) atoms. The van der Waals surface area contributed by atoms with Crippen LogP contribution in [0, 0.1) is 17.3 Å². The molecule has 4 fully saturated rings. The molecule has 2 unspecified atom stereocenters. The molecule has 4 aromatic rings. The van der Waals surface area contributed by atoms with Crippen molar-refractivity contribution in [3.05, 3.63) is 40.3 Å². The van der Waals surface area contributed by atoms with Gasteiger partial charge in [0, 0.05) is 13.1 Å². The molecule has 4 aliphatic carbocycles. The summed E-state index contributed by atoms with van der Waals surface area (Å²) in [4.78, 5) is 27.0. The largest absolute Gasteiger partial charge is 0.330 e. The number of pyridine rings is 1. The number of imidazole rings is 1. The molecule has 4 aromatic heterocycles. The summed E-state index contributed by atoms with van der Waals surface area (Å²) < 4.78 is 5.34. The maximum absolute atomic E-state index is 13.5. The Hall–Kier alpha value is -2.94. The molecular weight excluding hydrogens is 440 g/mol. The topological polar surface area (TPSA) is 94.9 Å². The second-order valence-electron chi connectivity index (χ2n) is 10.8. The summed E-state index contributed by atoms with van der Waals surface area (Å²) in [6.07, 6.45) is 12.0. The van der Waals surface area contributed by atoms with Gasteiger partial charge in [-0.05, 0) is 55.8 Å². The first-order valence-electron chi connectivity index (χ1n) is 11.5. The van der Waals surface area contributed by atoms with Crippen LogP contribution in [-0.4, -0.2) is 33.7 Å². The summed E-state index contributed by atoms with van der Waals surface area (Å²) in [5.41, 5.74) is 2.91. The fourth-order valence-corrected chi connectivity index (χ4v) is 7.77. The molecule has 2 atom stereocenters. The van der Waals surface area contributed by atoms with Crippen LogP contribution in [0.25, 0.3) is 16.8 Å². The van der Waals surface area contributed by atoms with Crippen LogP contribution in [0.5, 0.6) is 0 Å². The van der Waals surface area contributed by atoms with Crippen molar-refractivity contribution in [3.63, 3.8) is 0 Å². The Morgan fingerprint density at radius 3 is 2.73 bits per heavy atom. The first-order valence-corrected chi connectivity index (χ1v) is 11.9. The number of hydrogen-bond acceptors (Lipinski definition) is 6. The van der Waals surface area contributed by atoms with E-state index in [1.807, 2.05) is 11.6 Å². The van der Waals surface area contributed by atoms with Crippen molar-refractivity contribution in [1.82, 2.24) is 33.7 Å². The molecule has 0 aromatic carbocycles. The third kappa shape index (κ3) is 2.74. The minimum absolute atomic E-state index is 0.00377. The lowest BCUT2D eigenvalue weighted by molar-refractivity contribution is -0.0922. The van der Waals surface area contributed by atoms with E-state index in [0.717, 1.165) is 24.8 Å². The van der Waals surface area contributed by atoms with E-state index in [9.17, 15) is 4.79 Å². The number of nitrogens with one attached hydrogen (secondary N) is 1. The normalized spacial score (nSPS) is 30.5. The van der Waals surface area contributed by atoms with E-state index in [1.165, 1.54) is 25.6 Å². The smallest absolute Gasteiger partial charge is 0.322 e. The molecular formula is C23H25ClN8O. The maximum atomic E-state index is 13.5. The Labute approximate surface area is 194 Å². The Morgan fingerprint density at radius 1 is 1.18 bits per heavy atom. The minimum atomic E-state index is -0.154. The van der Waals surface area contributed by atoms with E-state index < -0.39 is 0 Å². The van der Waals surface area contributed by atoms with Crippen molar-refractivity contribution in [1.29, 1.82) is 0 Å². The van der Waals surface area contributed by atoms with Gasteiger partial charge >= 0.3 is 5.69 Å². The molecule has 0 spiro atoms. The second kappa shape index (κ2) is 6.34. The number of anilines is 2. The molecule has 4 heterocycles. The molecule has 8 rings (SSSR count). The number of aryl methyl sites for hydroxylation is 1. The average Bonchev–Trinajstić information content (AvgIpc) is 3.28. The molecule has 4 aliphatic rings. The predicted octanol–water partition coefficient (Wildman–Crippen LogP) is 3.89. The molecule has 0 aliphatic heterocycles. The van der Waals surface area contributed by atoms with Gasteiger partial charge in [-0.15, -0.1) is 0 Å². The second-order valence-corrected chi connectivity index (χ2v) is 11.2. The van der Waals surface area contributed by atoms with Crippen molar-refractivity contribution in [2.24, 2.45) is 24.3 Å². The quantitative estimate of drug-likeness (QED) is 0.494. The fraction of sp³-hybridized carbons (Fsp3) is 0.522. The summed E-state index contributed by atoms with van der Waals surface area (Å²) in [6, 6.07) is 1.74. The van der Waals surface area contributed by atoms with Gasteiger partial charge in [-0.1, -0.05) is 18.5 Å². The molecule has 10 heteroatoms. The van der Waals surface area contributed by atoms with Crippen LogP contribution in [0.15, 0.2) is 29.6 Å². The zero-order valence-corrected chi connectivity index (χ0v) is 19.4. The SMILES string of the molecule is Cn1c(=O)n(C23CC4CC(CC(C)(C4)C2)C3)c2nc(Nc3cn4ncnc4cc3Cl)ncc21. The van der Waals surface area contributed by atoms with Crippen molar-refractivity contribution in [3.8, 4) is 0 Å². The van der Waals surface area contributed by atoms with Gasteiger partial charge in [0.15, 0.2) is 11.3 Å². The summed E-state index contributed by atoms with van der Waals surface area (Å²) in [5.74, 6) is 1.80. The first-order chi connectivity index (χ1) is 15.8. The number of halogens is 1. The number of aromatic nitrogens is 7. The number of fused-ring (bicyclic) bond motifs is 2. The van der Waals surface area contributed by atoms with E-state index >= 15 is 0 Å². The van der Waals surface area contributed by atoms with E-state index in [-0.39, 0.29) is 11.2 Å². The van der Waals surface area contributed by atoms with E-state index in [4.69, 9.17) is 16.6 Å². The molecule has 170 valence electrons. The van der Waals surface area contributed by atoms with Gasteiger partial charge in [-0.3, -0.25) is 9.13 Å². The third-order valence-electron chi connectivity index (χ3n) is 8.21. The van der Waals surface area contributed by atoms with Crippen LogP contribution in [0.2, 0.25) is 5.02 Å². The van der Waals surface area contributed by atoms with Crippen LogP contribution in [0.3, 0.4) is 0 Å². The zero-order chi connectivity index (χ0) is 22.5. The van der Waals surface area contributed by atoms with Gasteiger partial charge in [-0.25, -0.2) is 19.3 Å². The Bertz CT molecular complexity index is 1490. The van der Waals surface area contributed by atoms with Gasteiger partial charge in [0.25, 0.3) is 0 Å². The van der Waals surface area contributed by atoms with E-state index in [0.29, 0.717) is 45.2 Å². The van der Waals surface area contributed by atoms with Crippen LogP contribution >= 0.6 is 11.6 Å². The molecule has 0 radical (unpaired) electrons. The lowest BCUT2D eigenvalue weighted by Gasteiger charge is -2.61. The monoisotopic (exact) mass is 464 g/mol. The highest BCUT2D eigenvalue weighted by Crippen LogP contribution is 2.64. The summed E-state index contributed by atoms with van der Waals surface area (Å²) in [5, 5.41) is 7.89. The lowest BCUT2D eigenvalue weighted by atomic mass is 9.47. The van der Waals surface area contributed by atoms with Crippen molar-refractivity contribution >= 4 is 40.0 Å². The van der Waals surface area contributed by atoms with Crippen molar-refractivity contribution < 1.29 is 0 Å². The highest BCUT2D eigenvalue weighted by Gasteiger charge is 2.57. The Kier molecular flexibility index (Phi) is 3.75. The van der Waals surface area contributed by atoms with Gasteiger partial charge in [0.2, 0.25) is 5.95 Å². The molecule has 9 nitrogen and oxygen atoms in total. The van der Waals surface area contributed by atoms with Gasteiger partial charge in [-0.2, -0.15) is 10.1 Å². The number of nitrogens with zero attached hydrogens (tertiary/aromatic N) is 7. The van der Waals surface area contributed by atoms with Crippen LogP contribution in [0.1, 0.15) is 45.4 Å². The molecule has 0 amide bonds. The minimum Gasteiger partial charge on any atom is -0.322 e. The first kappa shape index (κ1) is 19.5. The number of hydrogen-bond donors (Lipinski definition) is 1. The maximum Gasteiger partial charge on any atom is 0.330 e. The van der Waals surface area contributed by atoms with E-state index in [2.05, 4.69) is 27.3 Å². The standard InChI is InChI=1S/C23H25ClN8O/c1-22-5-13-3-14(6-22)8-23(7-13,11-22)32-19-17(30(2)21(32)33)9-25-20(29-19)28-16-10-31-18(4-15(16)24)26-12-27-31/h4,9-10,12-14H,3,5-8,11H2,1-2H3,(H,25,28,29). The lowest BCUT2D eigenvalue weighted by Crippen LogP contribution is -2.57. The third-order valence-corrected chi connectivity index (χ3v) is 8.52. The predicted molar refractivity (Wildman–Crippen MR) is 125 cm³/mol. The zero-order valence-electron chi connectivity index (χ0n) is 18.6. The highest BCUT2D eigenvalue weighted by molar-refractivity contribution is 6.33. The molecule has 4 saturated carbocycles. The summed E-state index contributed by atoms with van der Waals surface area (Å²) in [6.45, 7) is 2.42. The number of rotatable bonds is 3. The fourth-order valence-electron chi connectivity index (χ4n) is 7.58. The Balaban J connectivity index is 1.36. The van der Waals surface area contributed by atoms with Gasteiger partial charge < -0.3 is 5.32 Å². The summed E-state index contributed by atoms with van der Waals surface area (Å²) in [7, 11) is 1.81. The van der Waals surface area contributed by atoms with Crippen LogP contribution in [0.4, 0.5) is 11.6 Å². The van der Waals surface area contributed by atoms with Gasteiger partial charge in [0.1, 0.15) is 11.8 Å².